The largest absolute Gasteiger partial charge is 0.396 e. The fourth-order valence-electron chi connectivity index (χ4n) is 2.37. The van der Waals surface area contributed by atoms with Gasteiger partial charge in [-0.05, 0) is 44.0 Å². The highest BCUT2D eigenvalue weighted by atomic mass is 15.0. The number of pyridine rings is 1. The molecular weight excluding hydrogens is 200 g/mol. The van der Waals surface area contributed by atoms with E-state index in [0.29, 0.717) is 0 Å². The second kappa shape index (κ2) is 3.79. The van der Waals surface area contributed by atoms with Gasteiger partial charge in [-0.3, -0.25) is 0 Å². The number of aromatic nitrogens is 2. The van der Waals surface area contributed by atoms with E-state index in [-0.39, 0.29) is 0 Å². The number of nitrogens with two attached hydrogens (primary N) is 1. The van der Waals surface area contributed by atoms with E-state index in [0.717, 1.165) is 42.5 Å². The Kier molecular flexibility index (Phi) is 2.29. The van der Waals surface area contributed by atoms with Crippen molar-refractivity contribution in [2.75, 3.05) is 18.8 Å². The second-order valence-corrected chi connectivity index (χ2v) is 4.49. The third kappa shape index (κ3) is 1.65. The summed E-state index contributed by atoms with van der Waals surface area (Å²) in [6.07, 6.45) is 6.39. The summed E-state index contributed by atoms with van der Waals surface area (Å²) in [4.78, 5) is 4.59. The van der Waals surface area contributed by atoms with Gasteiger partial charge in [0.15, 0.2) is 5.65 Å². The minimum atomic E-state index is 0.728. The smallest absolute Gasteiger partial charge is 0.160 e. The number of rotatable bonds is 2. The number of hydrogen-bond donors (Lipinski definition) is 2. The third-order valence-corrected chi connectivity index (χ3v) is 3.22. The van der Waals surface area contributed by atoms with Crippen LogP contribution in [0.2, 0.25) is 0 Å². The molecule has 1 atom stereocenters. The molecule has 4 nitrogen and oxygen atoms in total. The van der Waals surface area contributed by atoms with Crippen LogP contribution < -0.4 is 11.1 Å². The summed E-state index contributed by atoms with van der Waals surface area (Å²) in [5, 5.41) is 3.38. The Labute approximate surface area is 94.5 Å². The molecule has 16 heavy (non-hydrogen) atoms. The summed E-state index contributed by atoms with van der Waals surface area (Å²) >= 11 is 0. The lowest BCUT2D eigenvalue weighted by molar-refractivity contribution is 0.573. The van der Waals surface area contributed by atoms with Crippen LogP contribution in [0, 0.1) is 5.92 Å². The molecule has 2 aromatic heterocycles. The van der Waals surface area contributed by atoms with Gasteiger partial charge in [0, 0.05) is 12.4 Å². The Hall–Kier alpha value is -1.55. The SMILES string of the molecule is Nc1cccn2cc(CC3CCNC3)nc12. The molecule has 3 N–H and O–H groups in total. The Morgan fingerprint density at radius 2 is 2.50 bits per heavy atom. The molecule has 0 spiro atoms. The van der Waals surface area contributed by atoms with Gasteiger partial charge >= 0.3 is 0 Å². The molecule has 1 aliphatic heterocycles. The van der Waals surface area contributed by atoms with Crippen LogP contribution in [0.15, 0.2) is 24.5 Å². The normalized spacial score (nSPS) is 20.6. The zero-order chi connectivity index (χ0) is 11.0. The van der Waals surface area contributed by atoms with Crippen molar-refractivity contribution in [3.05, 3.63) is 30.2 Å². The van der Waals surface area contributed by atoms with E-state index in [2.05, 4.69) is 16.5 Å². The zero-order valence-corrected chi connectivity index (χ0v) is 9.19. The lowest BCUT2D eigenvalue weighted by Gasteiger charge is -2.03. The van der Waals surface area contributed by atoms with Gasteiger partial charge in [-0.2, -0.15) is 0 Å². The number of nitrogen functional groups attached to an aromatic ring is 1. The summed E-state index contributed by atoms with van der Waals surface area (Å²) in [5.74, 6) is 0.728. The molecule has 0 aromatic carbocycles. The van der Waals surface area contributed by atoms with Gasteiger partial charge in [-0.25, -0.2) is 4.98 Å². The average molecular weight is 216 g/mol. The van der Waals surface area contributed by atoms with E-state index in [1.165, 1.54) is 6.42 Å². The van der Waals surface area contributed by atoms with Gasteiger partial charge in [0.1, 0.15) is 0 Å². The van der Waals surface area contributed by atoms with Crippen molar-refractivity contribution in [1.82, 2.24) is 14.7 Å². The number of fused-ring (bicyclic) bond motifs is 1. The number of nitrogens with zero attached hydrogens (tertiary/aromatic N) is 2. The maximum Gasteiger partial charge on any atom is 0.160 e. The molecule has 84 valence electrons. The number of nitrogens with one attached hydrogen (secondary N) is 1. The number of anilines is 1. The highest BCUT2D eigenvalue weighted by Gasteiger charge is 2.16. The first-order valence-corrected chi connectivity index (χ1v) is 5.76. The molecule has 0 saturated carbocycles. The molecule has 1 aliphatic rings. The van der Waals surface area contributed by atoms with Crippen molar-refractivity contribution in [1.29, 1.82) is 0 Å². The molecular formula is C12H16N4. The summed E-state index contributed by atoms with van der Waals surface area (Å²) in [7, 11) is 0. The van der Waals surface area contributed by atoms with Crippen molar-refractivity contribution in [3.63, 3.8) is 0 Å². The number of imidazole rings is 1. The fourth-order valence-corrected chi connectivity index (χ4v) is 2.37. The van der Waals surface area contributed by atoms with E-state index in [1.807, 2.05) is 22.7 Å². The van der Waals surface area contributed by atoms with E-state index in [9.17, 15) is 0 Å². The van der Waals surface area contributed by atoms with Crippen LogP contribution in [-0.2, 0) is 6.42 Å². The fraction of sp³-hybridized carbons (Fsp3) is 0.417. The average Bonchev–Trinajstić information content (AvgIpc) is 2.88. The van der Waals surface area contributed by atoms with Gasteiger partial charge in [0.05, 0.1) is 11.4 Å². The molecule has 4 heteroatoms. The summed E-state index contributed by atoms with van der Waals surface area (Å²) in [6.45, 7) is 2.25. The highest BCUT2D eigenvalue weighted by molar-refractivity contribution is 5.64. The van der Waals surface area contributed by atoms with Crippen LogP contribution in [0.5, 0.6) is 0 Å². The van der Waals surface area contributed by atoms with Gasteiger partial charge in [-0.1, -0.05) is 0 Å². The van der Waals surface area contributed by atoms with Gasteiger partial charge in [0.25, 0.3) is 0 Å². The standard InChI is InChI=1S/C12H16N4/c13-11-2-1-5-16-8-10(15-12(11)16)6-9-3-4-14-7-9/h1-2,5,8-9,14H,3-4,6-7,13H2. The van der Waals surface area contributed by atoms with E-state index < -0.39 is 0 Å². The quantitative estimate of drug-likeness (QED) is 0.789. The highest BCUT2D eigenvalue weighted by Crippen LogP contribution is 2.17. The summed E-state index contributed by atoms with van der Waals surface area (Å²) in [5.41, 5.74) is 8.65. The number of hydrogen-bond acceptors (Lipinski definition) is 3. The second-order valence-electron chi connectivity index (χ2n) is 4.49. The van der Waals surface area contributed by atoms with E-state index in [1.54, 1.807) is 0 Å². The molecule has 3 heterocycles. The lowest BCUT2D eigenvalue weighted by Crippen LogP contribution is -2.10. The van der Waals surface area contributed by atoms with Gasteiger partial charge in [0.2, 0.25) is 0 Å². The predicted molar refractivity (Wildman–Crippen MR) is 64.3 cm³/mol. The third-order valence-electron chi connectivity index (χ3n) is 3.22. The molecule has 3 rings (SSSR count). The first kappa shape index (κ1) is 9.66. The Morgan fingerprint density at radius 1 is 1.56 bits per heavy atom. The van der Waals surface area contributed by atoms with Crippen LogP contribution >= 0.6 is 0 Å². The predicted octanol–water partition coefficient (Wildman–Crippen LogP) is 1.07. The maximum atomic E-state index is 5.88. The minimum Gasteiger partial charge on any atom is -0.396 e. The van der Waals surface area contributed by atoms with Crippen molar-refractivity contribution >= 4 is 11.3 Å². The maximum absolute atomic E-state index is 5.88. The van der Waals surface area contributed by atoms with Gasteiger partial charge in [-0.15, -0.1) is 0 Å². The van der Waals surface area contributed by atoms with E-state index >= 15 is 0 Å². The molecule has 0 aliphatic carbocycles. The first-order chi connectivity index (χ1) is 7.83. The minimum absolute atomic E-state index is 0.728. The van der Waals surface area contributed by atoms with Gasteiger partial charge < -0.3 is 15.5 Å². The molecule has 1 saturated heterocycles. The molecule has 1 unspecified atom stereocenters. The first-order valence-electron chi connectivity index (χ1n) is 5.76. The molecule has 0 radical (unpaired) electrons. The van der Waals surface area contributed by atoms with Crippen molar-refractivity contribution in [3.8, 4) is 0 Å². The Morgan fingerprint density at radius 3 is 3.25 bits per heavy atom. The molecule has 1 fully saturated rings. The van der Waals surface area contributed by atoms with Crippen LogP contribution in [0.25, 0.3) is 5.65 Å². The van der Waals surface area contributed by atoms with Crippen molar-refractivity contribution in [2.24, 2.45) is 5.92 Å². The van der Waals surface area contributed by atoms with Crippen LogP contribution in [0.3, 0.4) is 0 Å². The zero-order valence-electron chi connectivity index (χ0n) is 9.19. The van der Waals surface area contributed by atoms with Crippen molar-refractivity contribution < 1.29 is 0 Å². The Bertz CT molecular complexity index is 497. The molecule has 0 bridgehead atoms. The summed E-state index contributed by atoms with van der Waals surface area (Å²) < 4.78 is 2.01. The molecule has 2 aromatic rings. The summed E-state index contributed by atoms with van der Waals surface area (Å²) in [6, 6.07) is 3.84. The Balaban J connectivity index is 1.90. The topological polar surface area (TPSA) is 55.4 Å². The van der Waals surface area contributed by atoms with Crippen LogP contribution in [0.1, 0.15) is 12.1 Å². The molecule has 0 amide bonds. The van der Waals surface area contributed by atoms with E-state index in [4.69, 9.17) is 5.73 Å². The lowest BCUT2D eigenvalue weighted by atomic mass is 10.0. The monoisotopic (exact) mass is 216 g/mol. The van der Waals surface area contributed by atoms with Crippen LogP contribution in [-0.4, -0.2) is 22.5 Å². The van der Waals surface area contributed by atoms with Crippen molar-refractivity contribution in [2.45, 2.75) is 12.8 Å². The van der Waals surface area contributed by atoms with Crippen LogP contribution in [0.4, 0.5) is 5.69 Å².